The van der Waals surface area contributed by atoms with Gasteiger partial charge >= 0.3 is 0 Å². The lowest BCUT2D eigenvalue weighted by Crippen LogP contribution is -2.23. The molecule has 27 heavy (non-hydrogen) atoms. The van der Waals surface area contributed by atoms with Gasteiger partial charge in [-0.2, -0.15) is 5.10 Å². The molecule has 0 radical (unpaired) electrons. The van der Waals surface area contributed by atoms with Crippen LogP contribution in [0.25, 0.3) is 10.8 Å². The van der Waals surface area contributed by atoms with Crippen LogP contribution in [0.5, 0.6) is 5.75 Å². The second-order valence-electron chi connectivity index (χ2n) is 6.16. The van der Waals surface area contributed by atoms with Gasteiger partial charge in [0.05, 0.1) is 12.2 Å². The van der Waals surface area contributed by atoms with Crippen LogP contribution < -0.4 is 10.1 Å². The Hall–Kier alpha value is -3.54. The second-order valence-corrected chi connectivity index (χ2v) is 6.16. The van der Waals surface area contributed by atoms with E-state index in [2.05, 4.69) is 10.4 Å². The van der Waals surface area contributed by atoms with Crippen molar-refractivity contribution in [1.29, 1.82) is 0 Å². The summed E-state index contributed by atoms with van der Waals surface area (Å²) in [6.45, 7) is 0.640. The van der Waals surface area contributed by atoms with Gasteiger partial charge in [0, 0.05) is 18.6 Å². The van der Waals surface area contributed by atoms with Gasteiger partial charge in [0.1, 0.15) is 18.1 Å². The zero-order chi connectivity index (χ0) is 18.6. The third-order valence-corrected chi connectivity index (χ3v) is 4.36. The SMILES string of the molecule is Cn1nccc1CNC(=O)c1ccc(COc2cccc3ccccc23)o1. The number of benzene rings is 2. The van der Waals surface area contributed by atoms with E-state index in [0.29, 0.717) is 12.3 Å². The van der Waals surface area contributed by atoms with E-state index in [4.69, 9.17) is 9.15 Å². The first kappa shape index (κ1) is 16.9. The number of carbonyl (C=O) groups is 1. The predicted octanol–water partition coefficient (Wildman–Crippen LogP) is 3.68. The van der Waals surface area contributed by atoms with E-state index in [0.717, 1.165) is 22.2 Å². The summed E-state index contributed by atoms with van der Waals surface area (Å²) < 4.78 is 13.2. The zero-order valence-corrected chi connectivity index (χ0v) is 14.9. The summed E-state index contributed by atoms with van der Waals surface area (Å²) in [5, 5.41) is 9.05. The van der Waals surface area contributed by atoms with Gasteiger partial charge in [-0.05, 0) is 29.7 Å². The zero-order valence-electron chi connectivity index (χ0n) is 14.9. The van der Waals surface area contributed by atoms with Crippen LogP contribution in [0, 0.1) is 0 Å². The van der Waals surface area contributed by atoms with E-state index in [1.165, 1.54) is 0 Å². The van der Waals surface area contributed by atoms with Crippen molar-refractivity contribution < 1.29 is 13.9 Å². The number of aryl methyl sites for hydroxylation is 1. The van der Waals surface area contributed by atoms with Gasteiger partial charge in [-0.1, -0.05) is 36.4 Å². The highest BCUT2D eigenvalue weighted by atomic mass is 16.5. The standard InChI is InChI=1S/C21H19N3O3/c1-24-16(11-12-23-24)13-22-21(25)20-10-9-17(27-20)14-26-19-8-4-6-15-5-2-3-7-18(15)19/h2-12H,13-14H2,1H3,(H,22,25). The topological polar surface area (TPSA) is 69.3 Å². The first-order valence-corrected chi connectivity index (χ1v) is 8.65. The molecule has 0 aliphatic carbocycles. The van der Waals surface area contributed by atoms with Crippen molar-refractivity contribution in [2.75, 3.05) is 0 Å². The summed E-state index contributed by atoms with van der Waals surface area (Å²) in [6.07, 6.45) is 1.69. The molecule has 0 fully saturated rings. The molecule has 0 aliphatic rings. The quantitative estimate of drug-likeness (QED) is 0.569. The number of fused-ring (bicyclic) bond motifs is 1. The monoisotopic (exact) mass is 361 g/mol. The maximum Gasteiger partial charge on any atom is 0.287 e. The Kier molecular flexibility index (Phi) is 4.61. The Morgan fingerprint density at radius 1 is 1.11 bits per heavy atom. The fourth-order valence-corrected chi connectivity index (χ4v) is 2.88. The fourth-order valence-electron chi connectivity index (χ4n) is 2.88. The van der Waals surface area contributed by atoms with E-state index in [1.807, 2.05) is 55.6 Å². The smallest absolute Gasteiger partial charge is 0.287 e. The van der Waals surface area contributed by atoms with E-state index in [1.54, 1.807) is 23.0 Å². The average molecular weight is 361 g/mol. The minimum Gasteiger partial charge on any atom is -0.485 e. The van der Waals surface area contributed by atoms with Crippen LogP contribution in [0.2, 0.25) is 0 Å². The Morgan fingerprint density at radius 3 is 2.81 bits per heavy atom. The second kappa shape index (κ2) is 7.37. The van der Waals surface area contributed by atoms with Crippen LogP contribution >= 0.6 is 0 Å². The highest BCUT2D eigenvalue weighted by Gasteiger charge is 2.12. The van der Waals surface area contributed by atoms with E-state index < -0.39 is 0 Å². The molecule has 2 heterocycles. The molecule has 4 rings (SSSR count). The van der Waals surface area contributed by atoms with Crippen molar-refractivity contribution in [2.45, 2.75) is 13.2 Å². The number of hydrogen-bond acceptors (Lipinski definition) is 4. The largest absolute Gasteiger partial charge is 0.485 e. The number of ether oxygens (including phenoxy) is 1. The van der Waals surface area contributed by atoms with Crippen LogP contribution in [-0.2, 0) is 20.2 Å². The molecule has 4 aromatic rings. The molecular weight excluding hydrogens is 342 g/mol. The highest BCUT2D eigenvalue weighted by molar-refractivity contribution is 5.91. The van der Waals surface area contributed by atoms with Crippen LogP contribution in [-0.4, -0.2) is 15.7 Å². The molecule has 2 aromatic heterocycles. The molecule has 0 bridgehead atoms. The lowest BCUT2D eigenvalue weighted by molar-refractivity contribution is 0.0918. The summed E-state index contributed by atoms with van der Waals surface area (Å²) in [6, 6.07) is 19.2. The number of hydrogen-bond donors (Lipinski definition) is 1. The number of carbonyl (C=O) groups excluding carboxylic acids is 1. The normalized spacial score (nSPS) is 10.9. The molecule has 0 saturated heterocycles. The van der Waals surface area contributed by atoms with Crippen molar-refractivity contribution >= 4 is 16.7 Å². The van der Waals surface area contributed by atoms with Gasteiger partial charge < -0.3 is 14.5 Å². The van der Waals surface area contributed by atoms with Crippen molar-refractivity contribution in [3.8, 4) is 5.75 Å². The number of nitrogens with one attached hydrogen (secondary N) is 1. The van der Waals surface area contributed by atoms with Gasteiger partial charge in [0.2, 0.25) is 0 Å². The Balaban J connectivity index is 1.39. The lowest BCUT2D eigenvalue weighted by Gasteiger charge is -2.08. The Labute approximate surface area is 156 Å². The molecule has 0 spiro atoms. The Morgan fingerprint density at radius 2 is 1.96 bits per heavy atom. The molecule has 6 heteroatoms. The number of nitrogens with zero attached hydrogens (tertiary/aromatic N) is 2. The first-order chi connectivity index (χ1) is 13.2. The number of amides is 1. The van der Waals surface area contributed by atoms with Crippen LogP contribution in [0.3, 0.4) is 0 Å². The molecule has 0 saturated carbocycles. The van der Waals surface area contributed by atoms with Crippen molar-refractivity contribution in [3.63, 3.8) is 0 Å². The number of aromatic nitrogens is 2. The van der Waals surface area contributed by atoms with Crippen molar-refractivity contribution in [1.82, 2.24) is 15.1 Å². The molecule has 1 N–H and O–H groups in total. The van der Waals surface area contributed by atoms with E-state index >= 15 is 0 Å². The van der Waals surface area contributed by atoms with Gasteiger partial charge in [-0.3, -0.25) is 9.48 Å². The summed E-state index contributed by atoms with van der Waals surface area (Å²) in [4.78, 5) is 12.2. The van der Waals surface area contributed by atoms with E-state index in [-0.39, 0.29) is 18.3 Å². The third-order valence-electron chi connectivity index (χ3n) is 4.36. The van der Waals surface area contributed by atoms with Crippen molar-refractivity contribution in [3.05, 3.63) is 84.1 Å². The summed E-state index contributed by atoms with van der Waals surface area (Å²) in [7, 11) is 1.83. The van der Waals surface area contributed by atoms with E-state index in [9.17, 15) is 4.79 Å². The molecule has 1 amide bonds. The van der Waals surface area contributed by atoms with Gasteiger partial charge in [-0.25, -0.2) is 0 Å². The molecule has 0 atom stereocenters. The maximum atomic E-state index is 12.2. The minimum atomic E-state index is -0.271. The number of furan rings is 1. The molecule has 0 aliphatic heterocycles. The lowest BCUT2D eigenvalue weighted by atomic mass is 10.1. The van der Waals surface area contributed by atoms with Gasteiger partial charge in [-0.15, -0.1) is 0 Å². The van der Waals surface area contributed by atoms with Gasteiger partial charge in [0.25, 0.3) is 5.91 Å². The van der Waals surface area contributed by atoms with Gasteiger partial charge in [0.15, 0.2) is 5.76 Å². The fraction of sp³-hybridized carbons (Fsp3) is 0.143. The predicted molar refractivity (Wildman–Crippen MR) is 101 cm³/mol. The summed E-state index contributed by atoms with van der Waals surface area (Å²) in [5.74, 6) is 1.36. The summed E-state index contributed by atoms with van der Waals surface area (Å²) in [5.41, 5.74) is 0.911. The molecule has 136 valence electrons. The Bertz CT molecular complexity index is 1080. The molecule has 6 nitrogen and oxygen atoms in total. The molecule has 0 unspecified atom stereocenters. The minimum absolute atomic E-state index is 0.253. The highest BCUT2D eigenvalue weighted by Crippen LogP contribution is 2.26. The first-order valence-electron chi connectivity index (χ1n) is 8.65. The third kappa shape index (κ3) is 3.69. The average Bonchev–Trinajstić information content (AvgIpc) is 3.33. The maximum absolute atomic E-state index is 12.2. The van der Waals surface area contributed by atoms with Crippen LogP contribution in [0.15, 0.2) is 71.3 Å². The summed E-state index contributed by atoms with van der Waals surface area (Å²) >= 11 is 0. The van der Waals surface area contributed by atoms with Crippen LogP contribution in [0.1, 0.15) is 22.0 Å². The van der Waals surface area contributed by atoms with Crippen molar-refractivity contribution in [2.24, 2.45) is 7.05 Å². The molecule has 2 aromatic carbocycles. The molecular formula is C21H19N3O3. The number of rotatable bonds is 6. The van der Waals surface area contributed by atoms with Crippen LogP contribution in [0.4, 0.5) is 0 Å².